The van der Waals surface area contributed by atoms with Crippen LogP contribution in [0, 0.1) is 0 Å². The highest BCUT2D eigenvalue weighted by molar-refractivity contribution is 7.91. The van der Waals surface area contributed by atoms with Gasteiger partial charge in [0.2, 0.25) is 5.91 Å². The van der Waals surface area contributed by atoms with Crippen molar-refractivity contribution in [3.8, 4) is 5.69 Å². The second-order valence-corrected chi connectivity index (χ2v) is 8.13. The zero-order chi connectivity index (χ0) is 18.6. The number of para-hydroxylation sites is 1. The molecule has 1 N–H and O–H groups in total. The van der Waals surface area contributed by atoms with Crippen LogP contribution in [0.25, 0.3) is 5.69 Å². The first kappa shape index (κ1) is 17.9. The maximum absolute atomic E-state index is 12.4. The number of aromatic nitrogens is 1. The van der Waals surface area contributed by atoms with Gasteiger partial charge < -0.3 is 9.88 Å². The van der Waals surface area contributed by atoms with Gasteiger partial charge in [0.25, 0.3) is 0 Å². The standard InChI is InChI=1S/C20H20N2O3S/c1-2-26(24,25)19-8-4-3-7-18(19)21-20(23)15-16-9-11-17(12-10-16)22-13-5-6-14-22/h3-14H,2,15H2,1H3,(H,21,23). The highest BCUT2D eigenvalue weighted by atomic mass is 32.2. The molecule has 0 unspecified atom stereocenters. The molecule has 1 amide bonds. The summed E-state index contributed by atoms with van der Waals surface area (Å²) < 4.78 is 26.3. The predicted molar refractivity (Wildman–Crippen MR) is 102 cm³/mol. The van der Waals surface area contributed by atoms with Gasteiger partial charge in [-0.3, -0.25) is 4.79 Å². The molecule has 0 saturated carbocycles. The van der Waals surface area contributed by atoms with E-state index in [4.69, 9.17) is 0 Å². The largest absolute Gasteiger partial charge is 0.325 e. The van der Waals surface area contributed by atoms with Crippen molar-refractivity contribution < 1.29 is 13.2 Å². The Morgan fingerprint density at radius 3 is 2.27 bits per heavy atom. The monoisotopic (exact) mass is 368 g/mol. The van der Waals surface area contributed by atoms with E-state index in [2.05, 4.69) is 5.32 Å². The van der Waals surface area contributed by atoms with Gasteiger partial charge in [-0.25, -0.2) is 8.42 Å². The van der Waals surface area contributed by atoms with Gasteiger partial charge in [-0.05, 0) is 42.0 Å². The van der Waals surface area contributed by atoms with Crippen LogP contribution in [0.15, 0.2) is 78.0 Å². The summed E-state index contributed by atoms with van der Waals surface area (Å²) in [5.74, 6) is -0.266. The summed E-state index contributed by atoms with van der Waals surface area (Å²) in [5, 5.41) is 2.72. The molecule has 3 aromatic rings. The Morgan fingerprint density at radius 2 is 1.62 bits per heavy atom. The lowest BCUT2D eigenvalue weighted by molar-refractivity contribution is -0.115. The quantitative estimate of drug-likeness (QED) is 0.724. The van der Waals surface area contributed by atoms with E-state index in [0.29, 0.717) is 5.69 Å². The minimum absolute atomic E-state index is 0.0132. The Bertz CT molecular complexity index is 992. The maximum Gasteiger partial charge on any atom is 0.228 e. The number of benzene rings is 2. The highest BCUT2D eigenvalue weighted by Crippen LogP contribution is 2.22. The molecule has 3 rings (SSSR count). The maximum atomic E-state index is 12.4. The van der Waals surface area contributed by atoms with Crippen LogP contribution in [0.5, 0.6) is 0 Å². The molecular weight excluding hydrogens is 348 g/mol. The number of anilines is 1. The molecule has 134 valence electrons. The molecule has 0 radical (unpaired) electrons. The molecule has 26 heavy (non-hydrogen) atoms. The molecular formula is C20H20N2O3S. The Morgan fingerprint density at radius 1 is 0.962 bits per heavy atom. The Labute approximate surface area is 153 Å². The van der Waals surface area contributed by atoms with Gasteiger partial charge in [0.15, 0.2) is 9.84 Å². The number of sulfone groups is 1. The summed E-state index contributed by atoms with van der Waals surface area (Å²) in [7, 11) is -3.40. The Balaban J connectivity index is 1.72. The third-order valence-electron chi connectivity index (χ3n) is 4.08. The lowest BCUT2D eigenvalue weighted by Crippen LogP contribution is -2.17. The van der Waals surface area contributed by atoms with Crippen molar-refractivity contribution in [1.82, 2.24) is 4.57 Å². The number of hydrogen-bond donors (Lipinski definition) is 1. The number of hydrogen-bond acceptors (Lipinski definition) is 3. The van der Waals surface area contributed by atoms with Crippen molar-refractivity contribution in [1.29, 1.82) is 0 Å². The van der Waals surface area contributed by atoms with Crippen LogP contribution in [0.2, 0.25) is 0 Å². The first-order chi connectivity index (χ1) is 12.5. The average Bonchev–Trinajstić information content (AvgIpc) is 3.17. The van der Waals surface area contributed by atoms with E-state index in [1.54, 1.807) is 25.1 Å². The Hall–Kier alpha value is -2.86. The minimum Gasteiger partial charge on any atom is -0.325 e. The molecule has 0 spiro atoms. The number of carbonyl (C=O) groups is 1. The van der Waals surface area contributed by atoms with Crippen LogP contribution in [0.3, 0.4) is 0 Å². The van der Waals surface area contributed by atoms with Crippen LogP contribution in [-0.4, -0.2) is 24.6 Å². The summed E-state index contributed by atoms with van der Waals surface area (Å²) >= 11 is 0. The zero-order valence-corrected chi connectivity index (χ0v) is 15.2. The molecule has 0 fully saturated rings. The van der Waals surface area contributed by atoms with Gasteiger partial charge in [-0.15, -0.1) is 0 Å². The summed E-state index contributed by atoms with van der Waals surface area (Å²) in [5.41, 5.74) is 2.19. The van der Waals surface area contributed by atoms with E-state index in [1.165, 1.54) is 6.07 Å². The highest BCUT2D eigenvalue weighted by Gasteiger charge is 2.17. The molecule has 0 saturated heterocycles. The normalized spacial score (nSPS) is 11.3. The second kappa shape index (κ2) is 7.58. The first-order valence-electron chi connectivity index (χ1n) is 8.33. The topological polar surface area (TPSA) is 68.2 Å². The molecule has 2 aromatic carbocycles. The predicted octanol–water partition coefficient (Wildman–Crippen LogP) is 3.45. The lowest BCUT2D eigenvalue weighted by atomic mass is 10.1. The fraction of sp³-hybridized carbons (Fsp3) is 0.150. The lowest BCUT2D eigenvalue weighted by Gasteiger charge is -2.11. The molecule has 1 heterocycles. The van der Waals surface area contributed by atoms with Crippen molar-refractivity contribution in [2.24, 2.45) is 0 Å². The summed E-state index contributed by atoms with van der Waals surface area (Å²) in [6.07, 6.45) is 4.08. The van der Waals surface area contributed by atoms with E-state index in [0.717, 1.165) is 11.3 Å². The van der Waals surface area contributed by atoms with E-state index in [9.17, 15) is 13.2 Å². The Kier molecular flexibility index (Phi) is 5.23. The van der Waals surface area contributed by atoms with Crippen molar-refractivity contribution in [3.05, 3.63) is 78.6 Å². The van der Waals surface area contributed by atoms with Crippen molar-refractivity contribution in [2.75, 3.05) is 11.1 Å². The van der Waals surface area contributed by atoms with Gasteiger partial charge in [0.05, 0.1) is 22.8 Å². The van der Waals surface area contributed by atoms with Crippen LogP contribution < -0.4 is 5.32 Å². The van der Waals surface area contributed by atoms with Crippen LogP contribution >= 0.6 is 0 Å². The molecule has 0 bridgehead atoms. The van der Waals surface area contributed by atoms with E-state index in [-0.39, 0.29) is 23.0 Å². The molecule has 0 aliphatic rings. The zero-order valence-electron chi connectivity index (χ0n) is 14.4. The van der Waals surface area contributed by atoms with Gasteiger partial charge >= 0.3 is 0 Å². The van der Waals surface area contributed by atoms with Gasteiger partial charge in [-0.1, -0.05) is 31.2 Å². The third kappa shape index (κ3) is 4.03. The smallest absolute Gasteiger partial charge is 0.228 e. The van der Waals surface area contributed by atoms with Crippen molar-refractivity contribution in [3.63, 3.8) is 0 Å². The van der Waals surface area contributed by atoms with Crippen molar-refractivity contribution in [2.45, 2.75) is 18.2 Å². The van der Waals surface area contributed by atoms with Crippen LogP contribution in [-0.2, 0) is 21.1 Å². The van der Waals surface area contributed by atoms with Gasteiger partial charge in [0.1, 0.15) is 0 Å². The number of amides is 1. The minimum atomic E-state index is -3.40. The van der Waals surface area contributed by atoms with E-state index < -0.39 is 9.84 Å². The second-order valence-electron chi connectivity index (χ2n) is 5.88. The summed E-state index contributed by atoms with van der Waals surface area (Å²) in [6.45, 7) is 1.58. The SMILES string of the molecule is CCS(=O)(=O)c1ccccc1NC(=O)Cc1ccc(-n2cccc2)cc1. The van der Waals surface area contributed by atoms with Gasteiger partial charge in [-0.2, -0.15) is 0 Å². The molecule has 1 aromatic heterocycles. The van der Waals surface area contributed by atoms with E-state index in [1.807, 2.05) is 53.4 Å². The fourth-order valence-corrected chi connectivity index (χ4v) is 3.72. The van der Waals surface area contributed by atoms with Crippen LogP contribution in [0.4, 0.5) is 5.69 Å². The summed E-state index contributed by atoms with van der Waals surface area (Å²) in [6, 6.07) is 18.0. The average molecular weight is 368 g/mol. The molecule has 0 atom stereocenters. The first-order valence-corrected chi connectivity index (χ1v) is 9.99. The fourth-order valence-electron chi connectivity index (χ4n) is 2.67. The molecule has 5 nitrogen and oxygen atoms in total. The van der Waals surface area contributed by atoms with Gasteiger partial charge in [0, 0.05) is 18.1 Å². The number of nitrogens with zero attached hydrogens (tertiary/aromatic N) is 1. The number of carbonyl (C=O) groups excluding carboxylic acids is 1. The molecule has 0 aliphatic carbocycles. The number of rotatable bonds is 6. The third-order valence-corrected chi connectivity index (χ3v) is 5.87. The van der Waals surface area contributed by atoms with E-state index >= 15 is 0 Å². The molecule has 6 heteroatoms. The number of nitrogens with one attached hydrogen (secondary N) is 1. The van der Waals surface area contributed by atoms with Crippen LogP contribution in [0.1, 0.15) is 12.5 Å². The van der Waals surface area contributed by atoms with Crippen molar-refractivity contribution >= 4 is 21.4 Å². The molecule has 0 aliphatic heterocycles. The summed E-state index contributed by atoms with van der Waals surface area (Å²) in [4.78, 5) is 12.5.